The molecular formula is C25H38N4O3S. The lowest BCUT2D eigenvalue weighted by molar-refractivity contribution is 0.318. The van der Waals surface area contributed by atoms with Crippen LogP contribution in [-0.4, -0.2) is 47.6 Å². The molecule has 0 saturated heterocycles. The average molecular weight is 475 g/mol. The Kier molecular flexibility index (Phi) is 8.34. The lowest BCUT2D eigenvalue weighted by Gasteiger charge is -2.14. The van der Waals surface area contributed by atoms with Crippen molar-refractivity contribution in [3.63, 3.8) is 0 Å². The predicted molar refractivity (Wildman–Crippen MR) is 132 cm³/mol. The first-order valence-electron chi connectivity index (χ1n) is 11.9. The third-order valence-corrected chi connectivity index (χ3v) is 7.86. The first-order chi connectivity index (χ1) is 15.6. The van der Waals surface area contributed by atoms with Crippen molar-refractivity contribution in [1.82, 2.24) is 18.5 Å². The summed E-state index contributed by atoms with van der Waals surface area (Å²) in [6, 6.07) is 6.18. The lowest BCUT2D eigenvalue weighted by atomic mass is 9.92. The highest BCUT2D eigenvalue weighted by molar-refractivity contribution is 7.87. The highest BCUT2D eigenvalue weighted by Gasteiger charge is 2.25. The number of aryl methyl sites for hydroxylation is 2. The van der Waals surface area contributed by atoms with Crippen LogP contribution in [-0.2, 0) is 16.6 Å². The fraction of sp³-hybridized carbons (Fsp3) is 0.600. The summed E-state index contributed by atoms with van der Waals surface area (Å²) in [6.45, 7) is 8.41. The van der Waals surface area contributed by atoms with Crippen LogP contribution in [0.5, 0.6) is 5.88 Å². The predicted octanol–water partition coefficient (Wildman–Crippen LogP) is 4.80. The molecule has 2 aromatic rings. The number of aromatic nitrogens is 3. The van der Waals surface area contributed by atoms with E-state index in [-0.39, 0.29) is 11.8 Å². The van der Waals surface area contributed by atoms with Gasteiger partial charge in [-0.25, -0.2) is 0 Å². The standard InChI is InChI=1S/C25H38N4O3S/c1-7-32-25-17-24(27-29(25)33(30,31)28(5)6)18(2)13-21-9-8-10-22(12-11-21)16-23-14-19(3)26-20(4)15-23/h13-15,17-18,22H,7-12,16H2,1-6H3/b21-13+/t18?,22-/m0/s1. The number of rotatable bonds is 8. The Bertz CT molecular complexity index is 1070. The second-order valence-corrected chi connectivity index (χ2v) is 11.3. The van der Waals surface area contributed by atoms with E-state index in [0.717, 1.165) is 39.0 Å². The van der Waals surface area contributed by atoms with Gasteiger partial charge in [-0.05, 0) is 82.9 Å². The number of pyridine rings is 1. The highest BCUT2D eigenvalue weighted by Crippen LogP contribution is 2.32. The molecule has 7 nitrogen and oxygen atoms in total. The minimum Gasteiger partial charge on any atom is -0.477 e. The lowest BCUT2D eigenvalue weighted by Crippen LogP contribution is -2.30. The zero-order chi connectivity index (χ0) is 24.2. The van der Waals surface area contributed by atoms with E-state index in [4.69, 9.17) is 4.74 Å². The van der Waals surface area contributed by atoms with Crippen molar-refractivity contribution < 1.29 is 13.2 Å². The fourth-order valence-corrected chi connectivity index (χ4v) is 5.45. The molecule has 2 aromatic heterocycles. The van der Waals surface area contributed by atoms with Crippen LogP contribution >= 0.6 is 0 Å². The Morgan fingerprint density at radius 3 is 2.52 bits per heavy atom. The second kappa shape index (κ2) is 10.8. The van der Waals surface area contributed by atoms with Crippen LogP contribution in [0, 0.1) is 19.8 Å². The molecule has 1 fully saturated rings. The molecule has 0 aliphatic heterocycles. The van der Waals surface area contributed by atoms with Gasteiger partial charge in [0, 0.05) is 37.5 Å². The van der Waals surface area contributed by atoms with Gasteiger partial charge < -0.3 is 4.74 Å². The van der Waals surface area contributed by atoms with Gasteiger partial charge in [0.1, 0.15) is 0 Å². The Morgan fingerprint density at radius 2 is 1.88 bits per heavy atom. The van der Waals surface area contributed by atoms with Crippen LogP contribution in [0.1, 0.15) is 74.5 Å². The Balaban J connectivity index is 1.72. The van der Waals surface area contributed by atoms with Crippen LogP contribution in [0.3, 0.4) is 0 Å². The van der Waals surface area contributed by atoms with Crippen LogP contribution in [0.4, 0.5) is 0 Å². The summed E-state index contributed by atoms with van der Waals surface area (Å²) < 4.78 is 33.0. The topological polar surface area (TPSA) is 77.3 Å². The van der Waals surface area contributed by atoms with E-state index >= 15 is 0 Å². The Labute approximate surface area is 199 Å². The molecular weight excluding hydrogens is 436 g/mol. The molecule has 0 aromatic carbocycles. The third kappa shape index (κ3) is 6.44. The molecule has 0 radical (unpaired) electrons. The summed E-state index contributed by atoms with van der Waals surface area (Å²) in [4.78, 5) is 4.50. The van der Waals surface area contributed by atoms with Crippen molar-refractivity contribution in [3.05, 3.63) is 52.5 Å². The highest BCUT2D eigenvalue weighted by atomic mass is 32.2. The van der Waals surface area contributed by atoms with Crippen molar-refractivity contribution in [2.24, 2.45) is 5.92 Å². The zero-order valence-electron chi connectivity index (χ0n) is 20.8. The summed E-state index contributed by atoms with van der Waals surface area (Å²) in [5.74, 6) is 0.955. The van der Waals surface area contributed by atoms with Crippen LogP contribution in [0.15, 0.2) is 29.8 Å². The van der Waals surface area contributed by atoms with Gasteiger partial charge in [-0.2, -0.15) is 17.8 Å². The molecule has 3 rings (SSSR count). The Morgan fingerprint density at radius 1 is 1.18 bits per heavy atom. The minimum atomic E-state index is -3.74. The van der Waals surface area contributed by atoms with E-state index in [0.29, 0.717) is 18.2 Å². The molecule has 33 heavy (non-hydrogen) atoms. The summed E-state index contributed by atoms with van der Waals surface area (Å²) >= 11 is 0. The largest absolute Gasteiger partial charge is 0.477 e. The summed E-state index contributed by atoms with van der Waals surface area (Å²) in [5, 5.41) is 4.41. The van der Waals surface area contributed by atoms with Crippen molar-refractivity contribution in [3.8, 4) is 5.88 Å². The van der Waals surface area contributed by atoms with Crippen molar-refractivity contribution >= 4 is 10.2 Å². The van der Waals surface area contributed by atoms with Gasteiger partial charge in [0.05, 0.1) is 12.3 Å². The van der Waals surface area contributed by atoms with E-state index in [1.54, 1.807) is 6.07 Å². The monoisotopic (exact) mass is 474 g/mol. The SMILES string of the molecule is CCOc1cc(C(C)/C=C2\CCC[C@H](Cc3cc(C)nc(C)c3)CC2)nn1S(=O)(=O)N(C)C. The normalized spacial score (nSPS) is 19.6. The van der Waals surface area contributed by atoms with E-state index < -0.39 is 10.2 Å². The smallest absolute Gasteiger partial charge is 0.325 e. The molecule has 0 amide bonds. The molecule has 1 aliphatic rings. The summed E-state index contributed by atoms with van der Waals surface area (Å²) in [6.07, 6.45) is 9.13. The van der Waals surface area contributed by atoms with Gasteiger partial charge in [0.25, 0.3) is 0 Å². The van der Waals surface area contributed by atoms with Crippen molar-refractivity contribution in [2.75, 3.05) is 20.7 Å². The van der Waals surface area contributed by atoms with Gasteiger partial charge in [0.2, 0.25) is 5.88 Å². The van der Waals surface area contributed by atoms with Gasteiger partial charge >= 0.3 is 10.2 Å². The first kappa shape index (κ1) is 25.4. The number of ether oxygens (including phenoxy) is 1. The van der Waals surface area contributed by atoms with Crippen molar-refractivity contribution in [1.29, 1.82) is 0 Å². The molecule has 1 unspecified atom stereocenters. The van der Waals surface area contributed by atoms with Crippen LogP contribution < -0.4 is 4.74 Å². The summed E-state index contributed by atoms with van der Waals surface area (Å²) in [7, 11) is -0.747. The molecule has 2 heterocycles. The van der Waals surface area contributed by atoms with E-state index in [1.165, 1.54) is 44.5 Å². The number of hydrogen-bond acceptors (Lipinski definition) is 5. The van der Waals surface area contributed by atoms with Crippen LogP contribution in [0.2, 0.25) is 0 Å². The van der Waals surface area contributed by atoms with Gasteiger partial charge in [0.15, 0.2) is 0 Å². The van der Waals surface area contributed by atoms with E-state index in [1.807, 2.05) is 6.92 Å². The quantitative estimate of drug-likeness (QED) is 0.406. The fourth-order valence-electron chi connectivity index (χ4n) is 4.61. The number of allylic oxidation sites excluding steroid dienone is 2. The first-order valence-corrected chi connectivity index (χ1v) is 13.3. The maximum Gasteiger partial charge on any atom is 0.325 e. The molecule has 0 bridgehead atoms. The maximum atomic E-state index is 12.7. The minimum absolute atomic E-state index is 0.0138. The molecule has 1 saturated carbocycles. The van der Waals surface area contributed by atoms with Gasteiger partial charge in [-0.3, -0.25) is 4.98 Å². The Hall–Kier alpha value is -2.19. The number of hydrogen-bond donors (Lipinski definition) is 0. The molecule has 8 heteroatoms. The van der Waals surface area contributed by atoms with Crippen LogP contribution in [0.25, 0.3) is 0 Å². The zero-order valence-corrected chi connectivity index (χ0v) is 21.7. The molecule has 2 atom stereocenters. The summed E-state index contributed by atoms with van der Waals surface area (Å²) in [5.41, 5.74) is 5.72. The third-order valence-electron chi connectivity index (χ3n) is 6.24. The number of nitrogens with zero attached hydrogens (tertiary/aromatic N) is 4. The van der Waals surface area contributed by atoms with E-state index in [2.05, 4.69) is 49.1 Å². The van der Waals surface area contributed by atoms with Gasteiger partial charge in [-0.15, -0.1) is 4.09 Å². The molecule has 182 valence electrons. The molecule has 0 N–H and O–H groups in total. The maximum absolute atomic E-state index is 12.7. The molecule has 0 spiro atoms. The molecule has 1 aliphatic carbocycles. The second-order valence-electron chi connectivity index (χ2n) is 9.35. The van der Waals surface area contributed by atoms with Crippen molar-refractivity contribution in [2.45, 2.75) is 72.1 Å². The van der Waals surface area contributed by atoms with Gasteiger partial charge in [-0.1, -0.05) is 18.6 Å². The average Bonchev–Trinajstić information content (AvgIpc) is 3.04. The van der Waals surface area contributed by atoms with E-state index in [9.17, 15) is 8.42 Å².